The monoisotopic (exact) mass is 429 g/mol. The maximum absolute atomic E-state index is 12.8. The van der Waals surface area contributed by atoms with E-state index in [4.69, 9.17) is 0 Å². The van der Waals surface area contributed by atoms with Crippen molar-refractivity contribution in [1.82, 2.24) is 9.80 Å². The smallest absolute Gasteiger partial charge is 0.261 e. The van der Waals surface area contributed by atoms with Gasteiger partial charge in [0.05, 0.1) is 4.90 Å². The van der Waals surface area contributed by atoms with Gasteiger partial charge in [0.25, 0.3) is 15.9 Å². The molecule has 0 aromatic heterocycles. The van der Waals surface area contributed by atoms with Crippen LogP contribution in [0.1, 0.15) is 37.6 Å². The summed E-state index contributed by atoms with van der Waals surface area (Å²) in [5.74, 6) is -0.0505. The number of nitrogens with zero attached hydrogens (tertiary/aromatic N) is 2. The van der Waals surface area contributed by atoms with Crippen molar-refractivity contribution < 1.29 is 13.2 Å². The lowest BCUT2D eigenvalue weighted by Crippen LogP contribution is -2.49. The molecule has 0 radical (unpaired) electrons. The van der Waals surface area contributed by atoms with Crippen LogP contribution in [-0.4, -0.2) is 56.8 Å². The molecule has 1 saturated heterocycles. The van der Waals surface area contributed by atoms with E-state index in [0.29, 0.717) is 29.8 Å². The summed E-state index contributed by atoms with van der Waals surface area (Å²) in [5, 5.41) is 0. The molecule has 162 valence electrons. The second kappa shape index (κ2) is 9.18. The number of piperazine rings is 1. The van der Waals surface area contributed by atoms with E-state index in [1.165, 1.54) is 12.1 Å². The largest absolute Gasteiger partial charge is 0.336 e. The molecule has 1 amide bonds. The van der Waals surface area contributed by atoms with Crippen molar-refractivity contribution >= 4 is 21.6 Å². The summed E-state index contributed by atoms with van der Waals surface area (Å²) >= 11 is 0. The molecule has 7 heteroatoms. The Labute approximate surface area is 179 Å². The lowest BCUT2D eigenvalue weighted by molar-refractivity contribution is 0.0623. The second-order valence-electron chi connectivity index (χ2n) is 8.94. The molecule has 0 bridgehead atoms. The van der Waals surface area contributed by atoms with Gasteiger partial charge in [0.1, 0.15) is 0 Å². The van der Waals surface area contributed by atoms with Gasteiger partial charge in [0.15, 0.2) is 0 Å². The number of hydrogen-bond acceptors (Lipinski definition) is 4. The van der Waals surface area contributed by atoms with Crippen LogP contribution in [0.5, 0.6) is 0 Å². The molecule has 1 fully saturated rings. The normalized spacial score (nSPS) is 15.8. The van der Waals surface area contributed by atoms with Crippen LogP contribution in [0.2, 0.25) is 0 Å². The van der Waals surface area contributed by atoms with Gasteiger partial charge >= 0.3 is 0 Å². The number of rotatable bonds is 6. The average Bonchev–Trinajstić information content (AvgIpc) is 2.72. The zero-order valence-corrected chi connectivity index (χ0v) is 18.8. The minimum Gasteiger partial charge on any atom is -0.336 e. The number of carbonyl (C=O) groups is 1. The molecule has 0 unspecified atom stereocenters. The van der Waals surface area contributed by atoms with E-state index in [-0.39, 0.29) is 10.8 Å². The molecule has 3 rings (SSSR count). The number of benzene rings is 2. The van der Waals surface area contributed by atoms with Crippen LogP contribution < -0.4 is 4.72 Å². The number of sulfonamides is 1. The highest BCUT2D eigenvalue weighted by molar-refractivity contribution is 7.92. The van der Waals surface area contributed by atoms with Gasteiger partial charge in [-0.1, -0.05) is 39.0 Å². The number of anilines is 1. The average molecular weight is 430 g/mol. The molecule has 2 aromatic carbocycles. The summed E-state index contributed by atoms with van der Waals surface area (Å²) in [6, 6.07) is 14.9. The molecule has 1 heterocycles. The van der Waals surface area contributed by atoms with Crippen molar-refractivity contribution in [2.24, 2.45) is 5.41 Å². The van der Waals surface area contributed by atoms with Crippen LogP contribution in [0.4, 0.5) is 5.69 Å². The summed E-state index contributed by atoms with van der Waals surface area (Å²) < 4.78 is 27.6. The molecule has 6 nitrogen and oxygen atoms in total. The van der Waals surface area contributed by atoms with Gasteiger partial charge in [-0.25, -0.2) is 8.42 Å². The number of nitrogens with one attached hydrogen (secondary N) is 1. The third kappa shape index (κ3) is 6.06. The predicted molar refractivity (Wildman–Crippen MR) is 120 cm³/mol. The van der Waals surface area contributed by atoms with Crippen molar-refractivity contribution in [3.8, 4) is 0 Å². The molecule has 1 aliphatic rings. The van der Waals surface area contributed by atoms with Crippen molar-refractivity contribution in [2.45, 2.75) is 32.1 Å². The summed E-state index contributed by atoms with van der Waals surface area (Å²) in [7, 11) is -3.69. The van der Waals surface area contributed by atoms with E-state index in [2.05, 4.69) is 30.4 Å². The Morgan fingerprint density at radius 1 is 0.933 bits per heavy atom. The second-order valence-corrected chi connectivity index (χ2v) is 10.6. The van der Waals surface area contributed by atoms with E-state index in [0.717, 1.165) is 26.1 Å². The Bertz CT molecular complexity index is 943. The molecule has 0 atom stereocenters. The van der Waals surface area contributed by atoms with E-state index < -0.39 is 10.0 Å². The highest BCUT2D eigenvalue weighted by Gasteiger charge is 2.23. The van der Waals surface area contributed by atoms with Gasteiger partial charge in [-0.2, -0.15) is 0 Å². The maximum atomic E-state index is 12.8. The summed E-state index contributed by atoms with van der Waals surface area (Å²) in [6.07, 6.45) is 1.13. The highest BCUT2D eigenvalue weighted by Crippen LogP contribution is 2.20. The van der Waals surface area contributed by atoms with Crippen LogP contribution in [0.15, 0.2) is 59.5 Å². The Morgan fingerprint density at radius 3 is 2.10 bits per heavy atom. The lowest BCUT2D eigenvalue weighted by Gasteiger charge is -2.36. The van der Waals surface area contributed by atoms with Crippen molar-refractivity contribution in [2.75, 3.05) is 37.4 Å². The van der Waals surface area contributed by atoms with Crippen LogP contribution in [0, 0.1) is 5.41 Å². The molecule has 0 aliphatic carbocycles. The minimum absolute atomic E-state index is 0.0505. The van der Waals surface area contributed by atoms with Crippen LogP contribution in [0.3, 0.4) is 0 Å². The van der Waals surface area contributed by atoms with Gasteiger partial charge in [0.2, 0.25) is 0 Å². The van der Waals surface area contributed by atoms with Crippen LogP contribution >= 0.6 is 0 Å². The van der Waals surface area contributed by atoms with Gasteiger partial charge < -0.3 is 4.90 Å². The van der Waals surface area contributed by atoms with Crippen molar-refractivity contribution in [3.63, 3.8) is 0 Å². The first-order chi connectivity index (χ1) is 14.1. The van der Waals surface area contributed by atoms with Gasteiger partial charge in [-0.3, -0.25) is 14.4 Å². The minimum atomic E-state index is -3.69. The van der Waals surface area contributed by atoms with Gasteiger partial charge in [-0.05, 0) is 54.8 Å². The fourth-order valence-electron chi connectivity index (χ4n) is 3.35. The summed E-state index contributed by atoms with van der Waals surface area (Å²) in [5.41, 5.74) is 1.32. The van der Waals surface area contributed by atoms with E-state index in [9.17, 15) is 13.2 Å². The summed E-state index contributed by atoms with van der Waals surface area (Å²) in [4.78, 5) is 17.2. The fraction of sp³-hybridized carbons (Fsp3) is 0.435. The number of amides is 1. The molecular formula is C23H31N3O3S. The zero-order valence-electron chi connectivity index (χ0n) is 18.0. The third-order valence-corrected chi connectivity index (χ3v) is 6.67. The molecular weight excluding hydrogens is 398 g/mol. The topological polar surface area (TPSA) is 69.7 Å². The van der Waals surface area contributed by atoms with Gasteiger partial charge in [-0.15, -0.1) is 0 Å². The first-order valence-corrected chi connectivity index (χ1v) is 11.8. The molecule has 0 saturated carbocycles. The molecule has 0 spiro atoms. The maximum Gasteiger partial charge on any atom is 0.261 e. The lowest BCUT2D eigenvalue weighted by atomic mass is 9.92. The third-order valence-electron chi connectivity index (χ3n) is 5.28. The Morgan fingerprint density at radius 2 is 1.53 bits per heavy atom. The number of carbonyl (C=O) groups excluding carboxylic acids is 1. The Hall–Kier alpha value is -2.38. The van der Waals surface area contributed by atoms with Crippen LogP contribution in [0.25, 0.3) is 0 Å². The van der Waals surface area contributed by atoms with E-state index in [1.807, 2.05) is 11.0 Å². The standard InChI is InChI=1S/C23H31N3O3S/c1-23(2,3)13-14-25-15-17-26(18-16-25)22(27)19-9-11-21(12-10-19)30(28,29)24-20-7-5-4-6-8-20/h4-12,24H,13-18H2,1-3H3. The van der Waals surface area contributed by atoms with E-state index >= 15 is 0 Å². The summed E-state index contributed by atoms with van der Waals surface area (Å²) in [6.45, 7) is 10.9. The Kier molecular flexibility index (Phi) is 6.83. The van der Waals surface area contributed by atoms with Gasteiger partial charge in [0, 0.05) is 37.4 Å². The first kappa shape index (κ1) is 22.3. The molecule has 2 aromatic rings. The first-order valence-electron chi connectivity index (χ1n) is 10.3. The Balaban J connectivity index is 1.58. The molecule has 30 heavy (non-hydrogen) atoms. The predicted octanol–water partition coefficient (Wildman–Crippen LogP) is 3.68. The van der Waals surface area contributed by atoms with Crippen molar-refractivity contribution in [3.05, 3.63) is 60.2 Å². The molecule has 1 N–H and O–H groups in total. The molecule has 1 aliphatic heterocycles. The fourth-order valence-corrected chi connectivity index (χ4v) is 4.41. The van der Waals surface area contributed by atoms with Crippen molar-refractivity contribution in [1.29, 1.82) is 0 Å². The highest BCUT2D eigenvalue weighted by atomic mass is 32.2. The zero-order chi connectivity index (χ0) is 21.8. The SMILES string of the molecule is CC(C)(C)CCN1CCN(C(=O)c2ccc(S(=O)(=O)Nc3ccccc3)cc2)CC1. The number of hydrogen-bond donors (Lipinski definition) is 1. The quantitative estimate of drug-likeness (QED) is 0.760. The number of para-hydroxylation sites is 1. The van der Waals surface area contributed by atoms with E-state index in [1.54, 1.807) is 36.4 Å². The van der Waals surface area contributed by atoms with Crippen LogP contribution in [-0.2, 0) is 10.0 Å².